The number of hydrogen-bond donors (Lipinski definition) is 2. The van der Waals surface area contributed by atoms with Crippen LogP contribution in [0.25, 0.3) is 0 Å². The molecule has 2 N–H and O–H groups in total. The molecule has 2 nitrogen and oxygen atoms in total. The van der Waals surface area contributed by atoms with Gasteiger partial charge in [-0.3, -0.25) is 0 Å². The van der Waals surface area contributed by atoms with Gasteiger partial charge in [0, 0.05) is 5.41 Å². The van der Waals surface area contributed by atoms with Gasteiger partial charge in [0.15, 0.2) is 0 Å². The standard InChI is InChI=1S/C25H32O2/c1-5-9-19-17-21(11-13-23(19)26)25(15-7-3,16-8-4)22-12-14-24(27)20(18-22)10-6-2/h5-6,11-14,17-18,26-27H,1-2,7-10,15-16H2,3-4H3. The second kappa shape index (κ2) is 9.45. The number of phenolic OH excluding ortho intramolecular Hbond substituents is 2. The number of rotatable bonds is 10. The van der Waals surface area contributed by atoms with Gasteiger partial charge in [-0.1, -0.05) is 63.1 Å². The van der Waals surface area contributed by atoms with Crippen LogP contribution in [0.4, 0.5) is 0 Å². The Balaban J connectivity index is 2.69. The van der Waals surface area contributed by atoms with Crippen LogP contribution in [-0.2, 0) is 18.3 Å². The number of hydrogen-bond acceptors (Lipinski definition) is 2. The Labute approximate surface area is 163 Å². The van der Waals surface area contributed by atoms with Crippen LogP contribution in [0.15, 0.2) is 61.7 Å². The van der Waals surface area contributed by atoms with Gasteiger partial charge in [0.25, 0.3) is 0 Å². The number of phenols is 2. The summed E-state index contributed by atoms with van der Waals surface area (Å²) in [7, 11) is 0. The summed E-state index contributed by atoms with van der Waals surface area (Å²) in [5.41, 5.74) is 4.11. The molecule has 0 spiro atoms. The fourth-order valence-electron chi connectivity index (χ4n) is 4.13. The first kappa shape index (κ1) is 20.8. The van der Waals surface area contributed by atoms with E-state index in [2.05, 4.69) is 39.1 Å². The topological polar surface area (TPSA) is 40.5 Å². The number of aromatic hydroxyl groups is 2. The lowest BCUT2D eigenvalue weighted by Gasteiger charge is -2.36. The molecule has 0 unspecified atom stereocenters. The Morgan fingerprint density at radius 3 is 1.52 bits per heavy atom. The van der Waals surface area contributed by atoms with Crippen LogP contribution in [0.3, 0.4) is 0 Å². The molecule has 0 aromatic heterocycles. The lowest BCUT2D eigenvalue weighted by molar-refractivity contribution is 0.421. The average molecular weight is 365 g/mol. The summed E-state index contributed by atoms with van der Waals surface area (Å²) in [4.78, 5) is 0. The van der Waals surface area contributed by atoms with Crippen molar-refractivity contribution in [1.82, 2.24) is 0 Å². The molecule has 0 saturated heterocycles. The predicted octanol–water partition coefficient (Wildman–Crippen LogP) is 6.44. The molecular weight excluding hydrogens is 332 g/mol. The second-order valence-electron chi connectivity index (χ2n) is 7.25. The number of benzene rings is 2. The van der Waals surface area contributed by atoms with Gasteiger partial charge in [-0.2, -0.15) is 0 Å². The molecule has 0 amide bonds. The predicted molar refractivity (Wildman–Crippen MR) is 115 cm³/mol. The molecule has 0 aliphatic rings. The van der Waals surface area contributed by atoms with Crippen molar-refractivity contribution in [2.45, 2.75) is 57.8 Å². The highest BCUT2D eigenvalue weighted by Gasteiger charge is 2.33. The molecular formula is C25H32O2. The maximum absolute atomic E-state index is 10.2. The van der Waals surface area contributed by atoms with E-state index in [1.54, 1.807) is 12.1 Å². The van der Waals surface area contributed by atoms with E-state index in [1.165, 1.54) is 11.1 Å². The molecule has 0 bridgehead atoms. The Bertz CT molecular complexity index is 721. The monoisotopic (exact) mass is 364 g/mol. The van der Waals surface area contributed by atoms with E-state index >= 15 is 0 Å². The van der Waals surface area contributed by atoms with Crippen molar-refractivity contribution in [2.75, 3.05) is 0 Å². The minimum Gasteiger partial charge on any atom is -0.508 e. The SMILES string of the molecule is C=CCc1cc(C(CCC)(CCC)c2ccc(O)c(CC=C)c2)ccc1O. The molecule has 27 heavy (non-hydrogen) atoms. The van der Waals surface area contributed by atoms with Crippen LogP contribution in [0.2, 0.25) is 0 Å². The Morgan fingerprint density at radius 1 is 0.778 bits per heavy atom. The Kier molecular flexibility index (Phi) is 7.29. The molecule has 0 radical (unpaired) electrons. The van der Waals surface area contributed by atoms with Crippen molar-refractivity contribution >= 4 is 0 Å². The highest BCUT2D eigenvalue weighted by atomic mass is 16.3. The van der Waals surface area contributed by atoms with E-state index in [9.17, 15) is 10.2 Å². The average Bonchev–Trinajstić information content (AvgIpc) is 2.65. The van der Waals surface area contributed by atoms with Crippen LogP contribution >= 0.6 is 0 Å². The maximum atomic E-state index is 10.2. The van der Waals surface area contributed by atoms with Gasteiger partial charge >= 0.3 is 0 Å². The third-order valence-corrected chi connectivity index (χ3v) is 5.35. The van der Waals surface area contributed by atoms with E-state index < -0.39 is 0 Å². The molecule has 2 aromatic rings. The van der Waals surface area contributed by atoms with Crippen molar-refractivity contribution in [3.05, 3.63) is 84.0 Å². The lowest BCUT2D eigenvalue weighted by atomic mass is 9.68. The molecule has 0 heterocycles. The van der Waals surface area contributed by atoms with E-state index in [-0.39, 0.29) is 5.41 Å². The number of allylic oxidation sites excluding steroid dienone is 2. The molecule has 0 saturated carbocycles. The first-order chi connectivity index (χ1) is 13.0. The zero-order valence-electron chi connectivity index (χ0n) is 16.7. The zero-order chi connectivity index (χ0) is 19.9. The van der Waals surface area contributed by atoms with Crippen LogP contribution in [0.1, 0.15) is 61.8 Å². The van der Waals surface area contributed by atoms with E-state index in [1.807, 2.05) is 24.3 Å². The first-order valence-electron chi connectivity index (χ1n) is 9.88. The normalized spacial score (nSPS) is 11.3. The summed E-state index contributed by atoms with van der Waals surface area (Å²) in [6.45, 7) is 12.0. The van der Waals surface area contributed by atoms with Crippen LogP contribution < -0.4 is 0 Å². The molecule has 0 aliphatic carbocycles. The largest absolute Gasteiger partial charge is 0.508 e. The second-order valence-corrected chi connectivity index (χ2v) is 7.25. The Hall–Kier alpha value is -2.48. The summed E-state index contributed by atoms with van der Waals surface area (Å²) in [6, 6.07) is 12.0. The summed E-state index contributed by atoms with van der Waals surface area (Å²) < 4.78 is 0. The molecule has 2 heteroatoms. The summed E-state index contributed by atoms with van der Waals surface area (Å²) in [5.74, 6) is 0.636. The van der Waals surface area contributed by atoms with E-state index in [0.717, 1.165) is 36.8 Å². The first-order valence-corrected chi connectivity index (χ1v) is 9.88. The molecule has 2 rings (SSSR count). The van der Waals surface area contributed by atoms with Gasteiger partial charge in [0.05, 0.1) is 0 Å². The maximum Gasteiger partial charge on any atom is 0.119 e. The summed E-state index contributed by atoms with van der Waals surface area (Å²) in [5, 5.41) is 20.4. The molecule has 0 atom stereocenters. The van der Waals surface area contributed by atoms with Gasteiger partial charge in [0.1, 0.15) is 11.5 Å². The minimum atomic E-state index is -0.142. The third kappa shape index (κ3) is 4.44. The summed E-state index contributed by atoms with van der Waals surface area (Å²) >= 11 is 0. The fourth-order valence-corrected chi connectivity index (χ4v) is 4.13. The van der Waals surface area contributed by atoms with E-state index in [4.69, 9.17) is 0 Å². The van der Waals surface area contributed by atoms with Crippen molar-refractivity contribution in [2.24, 2.45) is 0 Å². The highest BCUT2D eigenvalue weighted by molar-refractivity contribution is 5.48. The quantitative estimate of drug-likeness (QED) is 0.476. The molecule has 2 aromatic carbocycles. The summed E-state index contributed by atoms with van der Waals surface area (Å²) in [6.07, 6.45) is 9.06. The van der Waals surface area contributed by atoms with Crippen LogP contribution in [0, 0.1) is 0 Å². The van der Waals surface area contributed by atoms with Crippen molar-refractivity contribution in [3.63, 3.8) is 0 Å². The van der Waals surface area contributed by atoms with Gasteiger partial charge in [0.2, 0.25) is 0 Å². The molecule has 144 valence electrons. The molecule has 0 aliphatic heterocycles. The smallest absolute Gasteiger partial charge is 0.119 e. The fraction of sp³-hybridized carbons (Fsp3) is 0.360. The van der Waals surface area contributed by atoms with Crippen molar-refractivity contribution in [3.8, 4) is 11.5 Å². The van der Waals surface area contributed by atoms with Crippen molar-refractivity contribution in [1.29, 1.82) is 0 Å². The molecule has 0 fully saturated rings. The van der Waals surface area contributed by atoms with Gasteiger partial charge in [-0.25, -0.2) is 0 Å². The third-order valence-electron chi connectivity index (χ3n) is 5.35. The van der Waals surface area contributed by atoms with Crippen LogP contribution in [-0.4, -0.2) is 10.2 Å². The van der Waals surface area contributed by atoms with Gasteiger partial charge in [-0.15, -0.1) is 13.2 Å². The van der Waals surface area contributed by atoms with Crippen molar-refractivity contribution < 1.29 is 10.2 Å². The Morgan fingerprint density at radius 2 is 1.19 bits per heavy atom. The van der Waals surface area contributed by atoms with Gasteiger partial charge in [-0.05, 0) is 60.1 Å². The van der Waals surface area contributed by atoms with Crippen LogP contribution in [0.5, 0.6) is 11.5 Å². The minimum absolute atomic E-state index is 0.142. The van der Waals surface area contributed by atoms with Gasteiger partial charge < -0.3 is 10.2 Å². The lowest BCUT2D eigenvalue weighted by Crippen LogP contribution is -2.28. The highest BCUT2D eigenvalue weighted by Crippen LogP contribution is 2.43. The zero-order valence-corrected chi connectivity index (χ0v) is 16.7. The van der Waals surface area contributed by atoms with E-state index in [0.29, 0.717) is 24.3 Å².